The van der Waals surface area contributed by atoms with Crippen LogP contribution in [0.25, 0.3) is 22.8 Å². The van der Waals surface area contributed by atoms with E-state index >= 15 is 0 Å². The monoisotopic (exact) mass is 478 g/mol. The minimum Gasteiger partial charge on any atom is -1.00 e. The van der Waals surface area contributed by atoms with Gasteiger partial charge in [-0.2, -0.15) is 4.98 Å². The number of thiazole rings is 1. The van der Waals surface area contributed by atoms with E-state index in [2.05, 4.69) is 9.97 Å². The van der Waals surface area contributed by atoms with E-state index in [1.54, 1.807) is 24.4 Å². The van der Waals surface area contributed by atoms with E-state index in [0.29, 0.717) is 22.8 Å². The van der Waals surface area contributed by atoms with Crippen LogP contribution in [0, 0.1) is 10.1 Å². The van der Waals surface area contributed by atoms with Crippen molar-refractivity contribution in [3.05, 3.63) is 75.2 Å². The quantitative estimate of drug-likeness (QED) is 0.346. The van der Waals surface area contributed by atoms with Crippen LogP contribution in [0.2, 0.25) is 5.02 Å². The van der Waals surface area contributed by atoms with Gasteiger partial charge in [0.2, 0.25) is 5.82 Å². The predicted molar refractivity (Wildman–Crippen MR) is 102 cm³/mol. The number of furan rings is 1. The van der Waals surface area contributed by atoms with Crippen molar-refractivity contribution in [2.75, 3.05) is 0 Å². The highest BCUT2D eigenvalue weighted by atomic mass is 79.9. The molecule has 28 heavy (non-hydrogen) atoms. The lowest BCUT2D eigenvalue weighted by molar-refractivity contribution is -0.482. The van der Waals surface area contributed by atoms with Crippen molar-refractivity contribution in [3.8, 4) is 22.8 Å². The Balaban J connectivity index is 0.00000225. The van der Waals surface area contributed by atoms with Gasteiger partial charge in [-0.15, -0.1) is 0 Å². The van der Waals surface area contributed by atoms with Gasteiger partial charge in [-0.05, 0) is 24.3 Å². The zero-order valence-electron chi connectivity index (χ0n) is 14.1. The van der Waals surface area contributed by atoms with Gasteiger partial charge in [-0.25, -0.2) is 10.3 Å². The van der Waals surface area contributed by atoms with Crippen molar-refractivity contribution in [2.24, 2.45) is 0 Å². The third-order valence-corrected chi connectivity index (χ3v) is 4.87. The van der Waals surface area contributed by atoms with Crippen LogP contribution < -0.4 is 22.3 Å². The first kappa shape index (κ1) is 20.2. The number of aromatic nitrogens is 2. The number of nitrogens with two attached hydrogens (primary N) is 1. The zero-order valence-corrected chi connectivity index (χ0v) is 17.2. The minimum atomic E-state index is -0.488. The number of non-ortho nitro benzene ring substituents is 1. The van der Waals surface area contributed by atoms with Crippen molar-refractivity contribution < 1.29 is 31.6 Å². The first-order chi connectivity index (χ1) is 13.1. The number of hydrogen-bond acceptors (Lipinski definition) is 6. The summed E-state index contributed by atoms with van der Waals surface area (Å²) in [4.78, 5) is 19.1. The maximum absolute atomic E-state index is 10.8. The fraction of sp³-hybridized carbons (Fsp3) is 0. The summed E-state index contributed by atoms with van der Waals surface area (Å²) in [6.45, 7) is 0. The summed E-state index contributed by atoms with van der Waals surface area (Å²) in [5.74, 6) is 1.95. The first-order valence-electron chi connectivity index (χ1n) is 7.86. The molecule has 0 unspecified atom stereocenters. The number of quaternary nitrogens is 1. The van der Waals surface area contributed by atoms with Gasteiger partial charge in [-0.1, -0.05) is 29.0 Å². The van der Waals surface area contributed by atoms with E-state index in [0.717, 1.165) is 10.9 Å². The molecule has 0 aliphatic rings. The van der Waals surface area contributed by atoms with E-state index in [-0.39, 0.29) is 27.7 Å². The normalized spacial score (nSPS) is 10.5. The SMILES string of the molecule is O=[N+]([O-])c1ccc(-c2ccc(-c3csc([NH2+]c4ccccn4)n3)o2)c(Cl)c1.[Br-]. The average Bonchev–Trinajstić information content (AvgIpc) is 3.32. The molecule has 10 heteroatoms. The molecule has 0 saturated heterocycles. The largest absolute Gasteiger partial charge is 1.00 e. The number of nitrogens with zero attached hydrogens (tertiary/aromatic N) is 3. The number of nitro groups is 1. The fourth-order valence-corrected chi connectivity index (χ4v) is 3.50. The van der Waals surface area contributed by atoms with Crippen LogP contribution in [0.5, 0.6) is 0 Å². The molecule has 3 aromatic heterocycles. The van der Waals surface area contributed by atoms with Crippen molar-refractivity contribution in [2.45, 2.75) is 0 Å². The lowest BCUT2D eigenvalue weighted by Gasteiger charge is -2.00. The molecule has 0 radical (unpaired) electrons. The standard InChI is InChI=1S/C18H11ClN4O3S.BrH/c19-13-9-11(23(24)25)4-5-12(13)15-6-7-16(26-15)14-10-27-18(21-14)22-17-3-1-2-8-20-17;/h1-10H,(H,20,21,22);1H. The van der Waals surface area contributed by atoms with E-state index in [1.165, 1.54) is 23.5 Å². The van der Waals surface area contributed by atoms with Crippen LogP contribution in [0.3, 0.4) is 0 Å². The second-order valence-corrected chi connectivity index (χ2v) is 6.85. The molecular weight excluding hydrogens is 468 g/mol. The second-order valence-electron chi connectivity index (χ2n) is 5.56. The van der Waals surface area contributed by atoms with Gasteiger partial charge in [0.1, 0.15) is 11.5 Å². The van der Waals surface area contributed by atoms with Gasteiger partial charge >= 0.3 is 0 Å². The Labute approximate surface area is 178 Å². The average molecular weight is 480 g/mol. The molecule has 0 spiro atoms. The van der Waals surface area contributed by atoms with Crippen LogP contribution in [-0.2, 0) is 0 Å². The van der Waals surface area contributed by atoms with E-state index in [4.69, 9.17) is 16.0 Å². The molecular formula is C18H12BrClN4O3S. The summed E-state index contributed by atoms with van der Waals surface area (Å²) < 4.78 is 5.86. The Bertz CT molecular complexity index is 1120. The highest BCUT2D eigenvalue weighted by Crippen LogP contribution is 2.35. The summed E-state index contributed by atoms with van der Waals surface area (Å²) in [5.41, 5.74) is 1.22. The van der Waals surface area contributed by atoms with E-state index in [1.807, 2.05) is 28.9 Å². The first-order valence-corrected chi connectivity index (χ1v) is 9.12. The molecule has 0 atom stereocenters. The van der Waals surface area contributed by atoms with Crippen LogP contribution >= 0.6 is 22.9 Å². The molecule has 2 N–H and O–H groups in total. The summed E-state index contributed by atoms with van der Waals surface area (Å²) in [5, 5.41) is 15.7. The Hall–Kier alpha value is -2.59. The smallest absolute Gasteiger partial charge is 0.289 e. The van der Waals surface area contributed by atoms with Gasteiger partial charge in [0.05, 0.1) is 9.95 Å². The fourth-order valence-electron chi connectivity index (χ4n) is 2.49. The van der Waals surface area contributed by atoms with Gasteiger partial charge in [-0.3, -0.25) is 10.1 Å². The summed E-state index contributed by atoms with van der Waals surface area (Å²) in [6, 6.07) is 13.5. The second kappa shape index (κ2) is 8.61. The number of hydrogen-bond donors (Lipinski definition) is 1. The molecule has 0 amide bonds. The molecule has 0 aliphatic carbocycles. The lowest BCUT2D eigenvalue weighted by atomic mass is 10.1. The molecule has 0 bridgehead atoms. The topological polar surface area (TPSA) is 98.7 Å². The van der Waals surface area contributed by atoms with Crippen LogP contribution in [-0.4, -0.2) is 14.9 Å². The number of benzene rings is 1. The maximum Gasteiger partial charge on any atom is 0.289 e. The molecule has 0 saturated carbocycles. The lowest BCUT2D eigenvalue weighted by Crippen LogP contribution is -3.00. The van der Waals surface area contributed by atoms with E-state index in [9.17, 15) is 10.1 Å². The van der Waals surface area contributed by atoms with Crippen molar-refractivity contribution in [3.63, 3.8) is 0 Å². The Morgan fingerprint density at radius 1 is 1.14 bits per heavy atom. The van der Waals surface area contributed by atoms with Crippen LogP contribution in [0.4, 0.5) is 16.6 Å². The number of halogens is 2. The number of rotatable bonds is 5. The van der Waals surface area contributed by atoms with Gasteiger partial charge in [0, 0.05) is 35.3 Å². The molecule has 3 heterocycles. The number of pyridine rings is 1. The minimum absolute atomic E-state index is 0. The van der Waals surface area contributed by atoms with Gasteiger partial charge < -0.3 is 21.4 Å². The highest BCUT2D eigenvalue weighted by molar-refractivity contribution is 7.13. The van der Waals surface area contributed by atoms with Crippen molar-refractivity contribution in [1.29, 1.82) is 0 Å². The van der Waals surface area contributed by atoms with Gasteiger partial charge in [0.15, 0.2) is 5.76 Å². The maximum atomic E-state index is 10.8. The highest BCUT2D eigenvalue weighted by Gasteiger charge is 2.16. The summed E-state index contributed by atoms with van der Waals surface area (Å²) >= 11 is 7.65. The van der Waals surface area contributed by atoms with Crippen LogP contribution in [0.15, 0.2) is 64.5 Å². The van der Waals surface area contributed by atoms with E-state index < -0.39 is 4.92 Å². The Morgan fingerprint density at radius 2 is 1.96 bits per heavy atom. The van der Waals surface area contributed by atoms with Gasteiger partial charge in [0.25, 0.3) is 10.8 Å². The zero-order chi connectivity index (χ0) is 18.8. The Kier molecular flexibility index (Phi) is 6.20. The molecule has 4 aromatic rings. The molecule has 4 rings (SSSR count). The van der Waals surface area contributed by atoms with Crippen LogP contribution in [0.1, 0.15) is 0 Å². The molecule has 142 valence electrons. The summed E-state index contributed by atoms with van der Waals surface area (Å²) in [6.07, 6.45) is 1.73. The third-order valence-electron chi connectivity index (χ3n) is 3.77. The summed E-state index contributed by atoms with van der Waals surface area (Å²) in [7, 11) is 0. The van der Waals surface area contributed by atoms with Crippen molar-refractivity contribution in [1.82, 2.24) is 9.97 Å². The molecule has 0 fully saturated rings. The van der Waals surface area contributed by atoms with Crippen molar-refractivity contribution >= 4 is 39.6 Å². The molecule has 7 nitrogen and oxygen atoms in total. The Morgan fingerprint density at radius 3 is 2.68 bits per heavy atom. The molecule has 0 aliphatic heterocycles. The molecule has 1 aromatic carbocycles. The number of nitro benzene ring substituents is 1. The predicted octanol–water partition coefficient (Wildman–Crippen LogP) is 1.56. The third kappa shape index (κ3) is 4.28.